The van der Waals surface area contributed by atoms with Crippen LogP contribution in [-0.2, 0) is 14.1 Å². The van der Waals surface area contributed by atoms with Gasteiger partial charge in [-0.05, 0) is 54.3 Å². The summed E-state index contributed by atoms with van der Waals surface area (Å²) in [5.41, 5.74) is -0.511. The molecule has 1 heterocycles. The molecule has 0 bridgehead atoms. The number of amides is 1. The predicted molar refractivity (Wildman–Crippen MR) is 82.7 cm³/mol. The molecule has 0 aliphatic carbocycles. The van der Waals surface area contributed by atoms with Gasteiger partial charge in [0, 0.05) is 19.5 Å². The molecule has 1 saturated heterocycles. The van der Waals surface area contributed by atoms with Crippen LogP contribution in [0.3, 0.4) is 0 Å². The summed E-state index contributed by atoms with van der Waals surface area (Å²) in [4.78, 5) is 13.8. The molecule has 5 heteroatoms. The molecule has 0 aromatic rings. The van der Waals surface area contributed by atoms with Crippen LogP contribution < -0.4 is 0 Å². The Labute approximate surface area is 124 Å². The van der Waals surface area contributed by atoms with E-state index in [4.69, 9.17) is 9.31 Å². The Kier molecular flexibility index (Phi) is 6.08. The fraction of sp³-hybridized carbons (Fsp3) is 0.933. The zero-order chi connectivity index (χ0) is 15.4. The first kappa shape index (κ1) is 17.5. The predicted octanol–water partition coefficient (Wildman–Crippen LogP) is 3.12. The van der Waals surface area contributed by atoms with Crippen molar-refractivity contribution in [1.82, 2.24) is 4.90 Å². The van der Waals surface area contributed by atoms with Crippen molar-refractivity contribution in [3.05, 3.63) is 0 Å². The maximum Gasteiger partial charge on any atom is 0.457 e. The molecule has 0 N–H and O–H groups in total. The number of carbonyl (C=O) groups is 1. The molecular formula is C15H30BNO3. The molecule has 0 aromatic heterocycles. The summed E-state index contributed by atoms with van der Waals surface area (Å²) in [5.74, 6) is 0.254. The Hall–Kier alpha value is -0.545. The van der Waals surface area contributed by atoms with Gasteiger partial charge in [-0.25, -0.2) is 0 Å². The molecular weight excluding hydrogens is 253 g/mol. The van der Waals surface area contributed by atoms with Crippen LogP contribution in [0.5, 0.6) is 0 Å². The molecule has 1 rings (SSSR count). The fourth-order valence-electron chi connectivity index (χ4n) is 2.40. The molecule has 0 spiro atoms. The van der Waals surface area contributed by atoms with Crippen LogP contribution in [0, 0.1) is 0 Å². The van der Waals surface area contributed by atoms with Crippen molar-refractivity contribution in [3.8, 4) is 0 Å². The summed E-state index contributed by atoms with van der Waals surface area (Å²) in [6, 6.07) is 0. The summed E-state index contributed by atoms with van der Waals surface area (Å²) < 4.78 is 11.9. The maximum absolute atomic E-state index is 11.9. The van der Waals surface area contributed by atoms with E-state index < -0.39 is 0 Å². The van der Waals surface area contributed by atoms with Crippen molar-refractivity contribution in [2.45, 2.75) is 78.3 Å². The molecule has 20 heavy (non-hydrogen) atoms. The summed E-state index contributed by atoms with van der Waals surface area (Å²) in [6.45, 7) is 13.9. The van der Waals surface area contributed by atoms with E-state index in [1.54, 1.807) is 0 Å². The van der Waals surface area contributed by atoms with Crippen molar-refractivity contribution in [2.75, 3.05) is 13.1 Å². The van der Waals surface area contributed by atoms with Gasteiger partial charge in [0.15, 0.2) is 0 Å². The van der Waals surface area contributed by atoms with E-state index in [9.17, 15) is 4.79 Å². The molecule has 1 amide bonds. The molecule has 0 saturated carbocycles. The van der Waals surface area contributed by atoms with Gasteiger partial charge in [-0.1, -0.05) is 6.42 Å². The molecule has 0 unspecified atom stereocenters. The van der Waals surface area contributed by atoms with E-state index >= 15 is 0 Å². The zero-order valence-electron chi connectivity index (χ0n) is 14.0. The van der Waals surface area contributed by atoms with Crippen molar-refractivity contribution < 1.29 is 14.1 Å². The molecule has 1 aliphatic heterocycles. The highest BCUT2D eigenvalue weighted by Gasteiger charge is 2.50. The van der Waals surface area contributed by atoms with Crippen LogP contribution in [0.1, 0.15) is 60.8 Å². The Morgan fingerprint density at radius 1 is 1.00 bits per heavy atom. The third-order valence-electron chi connectivity index (χ3n) is 4.50. The Morgan fingerprint density at radius 2 is 1.50 bits per heavy atom. The number of carbonyl (C=O) groups excluding carboxylic acids is 1. The van der Waals surface area contributed by atoms with Gasteiger partial charge in [0.05, 0.1) is 11.2 Å². The minimum absolute atomic E-state index is 0.136. The summed E-state index contributed by atoms with van der Waals surface area (Å²) in [6.07, 6.45) is 3.35. The van der Waals surface area contributed by atoms with Crippen molar-refractivity contribution >= 4 is 13.0 Å². The number of rotatable bonds is 7. The summed E-state index contributed by atoms with van der Waals surface area (Å²) >= 11 is 0. The van der Waals surface area contributed by atoms with E-state index in [1.165, 1.54) is 0 Å². The molecule has 0 aromatic carbocycles. The lowest BCUT2D eigenvalue weighted by atomic mass is 9.82. The monoisotopic (exact) mass is 283 g/mol. The molecule has 0 atom stereocenters. The van der Waals surface area contributed by atoms with Gasteiger partial charge in [-0.3, -0.25) is 4.79 Å². The Morgan fingerprint density at radius 3 is 1.95 bits per heavy atom. The van der Waals surface area contributed by atoms with Crippen LogP contribution in [0.15, 0.2) is 0 Å². The average molecular weight is 283 g/mol. The van der Waals surface area contributed by atoms with Gasteiger partial charge in [-0.2, -0.15) is 0 Å². The highest BCUT2D eigenvalue weighted by Crippen LogP contribution is 2.38. The quantitative estimate of drug-likeness (QED) is 0.532. The van der Waals surface area contributed by atoms with Crippen molar-refractivity contribution in [1.29, 1.82) is 0 Å². The molecule has 4 nitrogen and oxygen atoms in total. The van der Waals surface area contributed by atoms with E-state index in [2.05, 4.69) is 27.7 Å². The second-order valence-corrected chi connectivity index (χ2v) is 6.50. The summed E-state index contributed by atoms with van der Waals surface area (Å²) in [7, 11) is -0.136. The lowest BCUT2D eigenvalue weighted by Gasteiger charge is -2.32. The van der Waals surface area contributed by atoms with Gasteiger partial charge >= 0.3 is 7.12 Å². The highest BCUT2D eigenvalue weighted by molar-refractivity contribution is 6.45. The lowest BCUT2D eigenvalue weighted by Crippen LogP contribution is -2.41. The highest BCUT2D eigenvalue weighted by atomic mass is 16.7. The second kappa shape index (κ2) is 6.94. The Bertz CT molecular complexity index is 311. The average Bonchev–Trinajstić information content (AvgIpc) is 2.55. The SMILES string of the molecule is CCN(CC)C(=O)CCCCB1OC(C)(C)C(C)(C)O1. The Balaban J connectivity index is 2.25. The van der Waals surface area contributed by atoms with Crippen LogP contribution in [0.25, 0.3) is 0 Å². The van der Waals surface area contributed by atoms with Gasteiger partial charge in [-0.15, -0.1) is 0 Å². The van der Waals surface area contributed by atoms with Gasteiger partial charge in [0.2, 0.25) is 5.91 Å². The number of hydrogen-bond donors (Lipinski definition) is 0. The first-order valence-corrected chi connectivity index (χ1v) is 7.87. The van der Waals surface area contributed by atoms with E-state index in [1.807, 2.05) is 18.7 Å². The number of hydrogen-bond acceptors (Lipinski definition) is 3. The second-order valence-electron chi connectivity index (χ2n) is 6.50. The van der Waals surface area contributed by atoms with Gasteiger partial charge in [0.25, 0.3) is 0 Å². The van der Waals surface area contributed by atoms with Crippen molar-refractivity contribution in [3.63, 3.8) is 0 Å². The molecule has 116 valence electrons. The normalized spacial score (nSPS) is 20.2. The standard InChI is InChI=1S/C15H30BNO3/c1-7-17(8-2)13(18)11-9-10-12-16-19-14(3,4)15(5,6)20-16/h7-12H2,1-6H3. The molecule has 1 aliphatic rings. The minimum atomic E-state index is -0.255. The van der Waals surface area contributed by atoms with Crippen LogP contribution >= 0.6 is 0 Å². The van der Waals surface area contributed by atoms with E-state index in [0.717, 1.165) is 32.3 Å². The topological polar surface area (TPSA) is 38.8 Å². The fourth-order valence-corrected chi connectivity index (χ4v) is 2.40. The number of unbranched alkanes of at least 4 members (excludes halogenated alkanes) is 1. The van der Waals surface area contributed by atoms with Crippen LogP contribution in [-0.4, -0.2) is 42.2 Å². The zero-order valence-corrected chi connectivity index (χ0v) is 14.0. The first-order chi connectivity index (χ1) is 9.23. The third kappa shape index (κ3) is 4.22. The first-order valence-electron chi connectivity index (χ1n) is 7.87. The van der Waals surface area contributed by atoms with Crippen molar-refractivity contribution in [2.24, 2.45) is 0 Å². The largest absolute Gasteiger partial charge is 0.457 e. The minimum Gasteiger partial charge on any atom is -0.403 e. The van der Waals surface area contributed by atoms with E-state index in [-0.39, 0.29) is 24.2 Å². The van der Waals surface area contributed by atoms with Gasteiger partial charge in [0.1, 0.15) is 0 Å². The number of nitrogens with zero attached hydrogens (tertiary/aromatic N) is 1. The van der Waals surface area contributed by atoms with Crippen LogP contribution in [0.4, 0.5) is 0 Å². The molecule has 1 fully saturated rings. The van der Waals surface area contributed by atoms with Crippen LogP contribution in [0.2, 0.25) is 6.32 Å². The smallest absolute Gasteiger partial charge is 0.403 e. The van der Waals surface area contributed by atoms with Gasteiger partial charge < -0.3 is 14.2 Å². The third-order valence-corrected chi connectivity index (χ3v) is 4.50. The van der Waals surface area contributed by atoms with E-state index in [0.29, 0.717) is 6.42 Å². The maximum atomic E-state index is 11.9. The summed E-state index contributed by atoms with van der Waals surface area (Å²) in [5, 5.41) is 0. The molecule has 0 radical (unpaired) electrons. The lowest BCUT2D eigenvalue weighted by molar-refractivity contribution is -0.130.